The van der Waals surface area contributed by atoms with Crippen LogP contribution in [0.5, 0.6) is 5.75 Å². The molecule has 1 heterocycles. The van der Waals surface area contributed by atoms with E-state index in [1.807, 2.05) is 25.2 Å². The molecule has 2 aliphatic rings. The Hall–Kier alpha value is -1.55. The molecule has 1 aromatic rings. The molecular formula is C14H18N2O2. The third-order valence-corrected chi connectivity index (χ3v) is 3.90. The molecule has 2 atom stereocenters. The topological polar surface area (TPSA) is 55.6 Å². The van der Waals surface area contributed by atoms with Gasteiger partial charge in [-0.05, 0) is 36.1 Å². The Morgan fingerprint density at radius 2 is 2.22 bits per heavy atom. The van der Waals surface area contributed by atoms with E-state index in [-0.39, 0.29) is 18.1 Å². The van der Waals surface area contributed by atoms with Gasteiger partial charge in [0.15, 0.2) is 6.10 Å². The van der Waals surface area contributed by atoms with Crippen LogP contribution in [0.4, 0.5) is 0 Å². The first-order chi connectivity index (χ1) is 8.65. The number of aryl methyl sites for hydroxylation is 1. The Kier molecular flexibility index (Phi) is 2.74. The van der Waals surface area contributed by atoms with Crippen LogP contribution in [0.2, 0.25) is 0 Å². The van der Waals surface area contributed by atoms with Gasteiger partial charge in [0.2, 0.25) is 0 Å². The van der Waals surface area contributed by atoms with Crippen LogP contribution in [-0.4, -0.2) is 30.5 Å². The molecule has 1 aliphatic carbocycles. The Labute approximate surface area is 107 Å². The lowest BCUT2D eigenvalue weighted by Gasteiger charge is -2.14. The number of ether oxygens (including phenoxy) is 1. The first-order valence-electron chi connectivity index (χ1n) is 6.45. The Morgan fingerprint density at radius 1 is 1.39 bits per heavy atom. The lowest BCUT2D eigenvalue weighted by Crippen LogP contribution is -2.29. The number of likely N-dealkylation sites (N-methyl/N-ethyl adjacent to an activating group) is 1. The SMILES string of the molecule is CN1CCC(Oc2ccc3c(c2)CC[C@@H]3N)C1=O. The lowest BCUT2D eigenvalue weighted by molar-refractivity contribution is -0.132. The summed E-state index contributed by atoms with van der Waals surface area (Å²) < 4.78 is 5.79. The molecular weight excluding hydrogens is 228 g/mol. The predicted molar refractivity (Wildman–Crippen MR) is 68.4 cm³/mol. The summed E-state index contributed by atoms with van der Waals surface area (Å²) in [5.41, 5.74) is 8.48. The van der Waals surface area contributed by atoms with Gasteiger partial charge in [-0.15, -0.1) is 0 Å². The van der Waals surface area contributed by atoms with Crippen LogP contribution >= 0.6 is 0 Å². The van der Waals surface area contributed by atoms with Crippen LogP contribution in [0.1, 0.15) is 30.0 Å². The summed E-state index contributed by atoms with van der Waals surface area (Å²) in [6.07, 6.45) is 2.46. The van der Waals surface area contributed by atoms with Crippen molar-refractivity contribution in [2.75, 3.05) is 13.6 Å². The van der Waals surface area contributed by atoms with Crippen molar-refractivity contribution in [2.24, 2.45) is 5.73 Å². The van der Waals surface area contributed by atoms with E-state index in [9.17, 15) is 4.79 Å². The maximum absolute atomic E-state index is 11.8. The van der Waals surface area contributed by atoms with Gasteiger partial charge in [-0.1, -0.05) is 6.07 Å². The zero-order valence-electron chi connectivity index (χ0n) is 10.6. The second-order valence-corrected chi connectivity index (χ2v) is 5.16. The predicted octanol–water partition coefficient (Wildman–Crippen LogP) is 1.24. The van der Waals surface area contributed by atoms with Crippen molar-refractivity contribution in [3.8, 4) is 5.75 Å². The summed E-state index contributed by atoms with van der Waals surface area (Å²) in [7, 11) is 1.81. The first-order valence-corrected chi connectivity index (χ1v) is 6.45. The first kappa shape index (κ1) is 11.5. The normalized spacial score (nSPS) is 26.6. The zero-order chi connectivity index (χ0) is 12.7. The number of amides is 1. The molecule has 0 spiro atoms. The van der Waals surface area contributed by atoms with E-state index in [0.29, 0.717) is 0 Å². The monoisotopic (exact) mass is 246 g/mol. The number of likely N-dealkylation sites (tertiary alicyclic amines) is 1. The second kappa shape index (κ2) is 4.28. The van der Waals surface area contributed by atoms with E-state index in [0.717, 1.165) is 31.6 Å². The van der Waals surface area contributed by atoms with E-state index in [1.54, 1.807) is 4.90 Å². The third-order valence-electron chi connectivity index (χ3n) is 3.90. The number of fused-ring (bicyclic) bond motifs is 1. The minimum absolute atomic E-state index is 0.0761. The number of rotatable bonds is 2. The van der Waals surface area contributed by atoms with Crippen molar-refractivity contribution < 1.29 is 9.53 Å². The molecule has 1 fully saturated rings. The third kappa shape index (κ3) is 1.86. The minimum Gasteiger partial charge on any atom is -0.481 e. The van der Waals surface area contributed by atoms with Crippen molar-refractivity contribution in [3.05, 3.63) is 29.3 Å². The number of benzene rings is 1. The van der Waals surface area contributed by atoms with Gasteiger partial charge in [0.05, 0.1) is 0 Å². The molecule has 1 saturated heterocycles. The number of hydrogen-bond donors (Lipinski definition) is 1. The number of carbonyl (C=O) groups excluding carboxylic acids is 1. The molecule has 2 N–H and O–H groups in total. The van der Waals surface area contributed by atoms with Crippen molar-refractivity contribution in [1.82, 2.24) is 4.90 Å². The number of nitrogens with zero attached hydrogens (tertiary/aromatic N) is 1. The van der Waals surface area contributed by atoms with Gasteiger partial charge in [0, 0.05) is 26.1 Å². The maximum atomic E-state index is 11.8. The highest BCUT2D eigenvalue weighted by molar-refractivity contribution is 5.83. The molecule has 1 aromatic carbocycles. The van der Waals surface area contributed by atoms with Crippen molar-refractivity contribution >= 4 is 5.91 Å². The van der Waals surface area contributed by atoms with Crippen LogP contribution in [-0.2, 0) is 11.2 Å². The van der Waals surface area contributed by atoms with Gasteiger partial charge in [-0.3, -0.25) is 4.79 Å². The highest BCUT2D eigenvalue weighted by Crippen LogP contribution is 2.32. The van der Waals surface area contributed by atoms with Gasteiger partial charge in [-0.25, -0.2) is 0 Å². The number of hydrogen-bond acceptors (Lipinski definition) is 3. The molecule has 0 aromatic heterocycles. The Morgan fingerprint density at radius 3 is 2.94 bits per heavy atom. The summed E-state index contributed by atoms with van der Waals surface area (Å²) in [6, 6.07) is 6.16. The van der Waals surface area contributed by atoms with E-state index in [1.165, 1.54) is 11.1 Å². The fourth-order valence-corrected chi connectivity index (χ4v) is 2.76. The molecule has 0 radical (unpaired) electrons. The lowest BCUT2D eigenvalue weighted by atomic mass is 10.1. The van der Waals surface area contributed by atoms with Crippen molar-refractivity contribution in [1.29, 1.82) is 0 Å². The minimum atomic E-state index is -0.317. The highest BCUT2D eigenvalue weighted by atomic mass is 16.5. The fraction of sp³-hybridized carbons (Fsp3) is 0.500. The maximum Gasteiger partial charge on any atom is 0.263 e. The molecule has 1 aliphatic heterocycles. The fourth-order valence-electron chi connectivity index (χ4n) is 2.76. The van der Waals surface area contributed by atoms with Gasteiger partial charge in [-0.2, -0.15) is 0 Å². The van der Waals surface area contributed by atoms with E-state index >= 15 is 0 Å². The largest absolute Gasteiger partial charge is 0.481 e. The molecule has 4 nitrogen and oxygen atoms in total. The van der Waals surface area contributed by atoms with Crippen molar-refractivity contribution in [3.63, 3.8) is 0 Å². The van der Waals surface area contributed by atoms with E-state index < -0.39 is 0 Å². The molecule has 4 heteroatoms. The second-order valence-electron chi connectivity index (χ2n) is 5.16. The van der Waals surface area contributed by atoms with Crippen LogP contribution in [0.25, 0.3) is 0 Å². The number of nitrogens with two attached hydrogens (primary N) is 1. The Bertz CT molecular complexity index is 487. The van der Waals surface area contributed by atoms with Gasteiger partial charge in [0.1, 0.15) is 5.75 Å². The van der Waals surface area contributed by atoms with E-state index in [2.05, 4.69) is 0 Å². The quantitative estimate of drug-likeness (QED) is 0.854. The highest BCUT2D eigenvalue weighted by Gasteiger charge is 2.31. The van der Waals surface area contributed by atoms with Crippen LogP contribution in [0.3, 0.4) is 0 Å². The standard InChI is InChI=1S/C14H18N2O2/c1-16-7-6-13(14(16)17)18-10-3-4-11-9(8-10)2-5-12(11)15/h3-4,8,12-13H,2,5-7,15H2,1H3/t12-,13?/m0/s1. The summed E-state index contributed by atoms with van der Waals surface area (Å²) >= 11 is 0. The zero-order valence-corrected chi connectivity index (χ0v) is 10.6. The number of carbonyl (C=O) groups is 1. The summed E-state index contributed by atoms with van der Waals surface area (Å²) in [5, 5.41) is 0. The van der Waals surface area contributed by atoms with Crippen LogP contribution in [0.15, 0.2) is 18.2 Å². The average Bonchev–Trinajstić information content (AvgIpc) is 2.88. The van der Waals surface area contributed by atoms with Gasteiger partial charge >= 0.3 is 0 Å². The summed E-state index contributed by atoms with van der Waals surface area (Å²) in [6.45, 7) is 0.777. The molecule has 0 bridgehead atoms. The molecule has 1 amide bonds. The molecule has 3 rings (SSSR count). The summed E-state index contributed by atoms with van der Waals surface area (Å²) in [5.74, 6) is 0.865. The molecule has 18 heavy (non-hydrogen) atoms. The molecule has 96 valence electrons. The van der Waals surface area contributed by atoms with Gasteiger partial charge in [0.25, 0.3) is 5.91 Å². The Balaban J connectivity index is 1.76. The smallest absolute Gasteiger partial charge is 0.263 e. The van der Waals surface area contributed by atoms with Gasteiger partial charge < -0.3 is 15.4 Å². The van der Waals surface area contributed by atoms with Crippen LogP contribution < -0.4 is 10.5 Å². The van der Waals surface area contributed by atoms with Crippen molar-refractivity contribution in [2.45, 2.75) is 31.4 Å². The van der Waals surface area contributed by atoms with E-state index in [4.69, 9.17) is 10.5 Å². The van der Waals surface area contributed by atoms with Crippen LogP contribution in [0, 0.1) is 0 Å². The molecule has 0 saturated carbocycles. The summed E-state index contributed by atoms with van der Waals surface area (Å²) in [4.78, 5) is 13.5. The molecule has 1 unspecified atom stereocenters. The average molecular weight is 246 g/mol.